The van der Waals surface area contributed by atoms with Gasteiger partial charge in [-0.15, -0.1) is 24.0 Å². The molecule has 25 heavy (non-hydrogen) atoms. The Kier molecular flexibility index (Phi) is 9.44. The third-order valence-corrected chi connectivity index (χ3v) is 3.62. The highest BCUT2D eigenvalue weighted by molar-refractivity contribution is 14.0. The first-order valence-corrected chi connectivity index (χ1v) is 8.08. The molecule has 0 saturated heterocycles. The molecule has 0 saturated carbocycles. The van der Waals surface area contributed by atoms with Crippen molar-refractivity contribution in [3.8, 4) is 0 Å². The summed E-state index contributed by atoms with van der Waals surface area (Å²) >= 11 is 0. The predicted molar refractivity (Wildman–Crippen MR) is 111 cm³/mol. The van der Waals surface area contributed by atoms with Crippen molar-refractivity contribution in [2.75, 3.05) is 6.54 Å². The molecule has 0 heterocycles. The van der Waals surface area contributed by atoms with Crippen molar-refractivity contribution < 1.29 is 9.50 Å². The van der Waals surface area contributed by atoms with E-state index in [1.807, 2.05) is 6.92 Å². The number of aryl methyl sites for hydroxylation is 1. The molecule has 0 aliphatic rings. The first-order chi connectivity index (χ1) is 11.6. The van der Waals surface area contributed by atoms with Crippen molar-refractivity contribution in [2.45, 2.75) is 33.5 Å². The van der Waals surface area contributed by atoms with E-state index in [0.29, 0.717) is 24.6 Å². The third-order valence-electron chi connectivity index (χ3n) is 3.62. The normalized spacial score (nSPS) is 11.0. The fraction of sp³-hybridized carbons (Fsp3) is 0.316. The minimum Gasteiger partial charge on any atom is -0.392 e. The Bertz CT molecular complexity index is 690. The quantitative estimate of drug-likeness (QED) is 0.354. The number of hydrogen-bond acceptors (Lipinski definition) is 2. The van der Waals surface area contributed by atoms with Crippen LogP contribution in [0.3, 0.4) is 0 Å². The zero-order valence-electron chi connectivity index (χ0n) is 14.6. The van der Waals surface area contributed by atoms with Gasteiger partial charge in [-0.3, -0.25) is 0 Å². The molecule has 4 nitrogen and oxygen atoms in total. The molecule has 2 rings (SSSR count). The monoisotopic (exact) mass is 457 g/mol. The second-order valence-electron chi connectivity index (χ2n) is 5.62. The molecule has 0 spiro atoms. The summed E-state index contributed by atoms with van der Waals surface area (Å²) in [7, 11) is 0. The summed E-state index contributed by atoms with van der Waals surface area (Å²) in [5.41, 5.74) is 3.55. The molecule has 0 aliphatic carbocycles. The third kappa shape index (κ3) is 6.99. The summed E-state index contributed by atoms with van der Waals surface area (Å²) in [4.78, 5) is 4.51. The Hall–Kier alpha value is -1.67. The summed E-state index contributed by atoms with van der Waals surface area (Å²) in [5.74, 6) is 0.308. The van der Waals surface area contributed by atoms with Gasteiger partial charge >= 0.3 is 0 Å². The molecule has 0 bridgehead atoms. The van der Waals surface area contributed by atoms with Crippen LogP contribution < -0.4 is 10.6 Å². The van der Waals surface area contributed by atoms with Crippen LogP contribution in [-0.4, -0.2) is 17.6 Å². The van der Waals surface area contributed by atoms with Crippen LogP contribution in [0.1, 0.15) is 29.2 Å². The Balaban J connectivity index is 0.00000312. The number of hydrogen-bond donors (Lipinski definition) is 3. The van der Waals surface area contributed by atoms with E-state index in [4.69, 9.17) is 5.11 Å². The second kappa shape index (κ2) is 11.0. The zero-order chi connectivity index (χ0) is 17.4. The second-order valence-corrected chi connectivity index (χ2v) is 5.62. The van der Waals surface area contributed by atoms with E-state index < -0.39 is 5.82 Å². The smallest absolute Gasteiger partial charge is 0.191 e. The van der Waals surface area contributed by atoms with Crippen molar-refractivity contribution in [2.24, 2.45) is 4.99 Å². The first kappa shape index (κ1) is 21.4. The lowest BCUT2D eigenvalue weighted by Crippen LogP contribution is -2.36. The van der Waals surface area contributed by atoms with Crippen LogP contribution >= 0.6 is 24.0 Å². The maximum absolute atomic E-state index is 13.4. The Morgan fingerprint density at radius 3 is 2.40 bits per heavy atom. The summed E-state index contributed by atoms with van der Waals surface area (Å²) in [6.07, 6.45) is 0. The van der Waals surface area contributed by atoms with Gasteiger partial charge in [0.25, 0.3) is 0 Å². The lowest BCUT2D eigenvalue weighted by Gasteiger charge is -2.12. The van der Waals surface area contributed by atoms with E-state index in [1.54, 1.807) is 12.1 Å². The highest BCUT2D eigenvalue weighted by Gasteiger charge is 2.03. The van der Waals surface area contributed by atoms with E-state index in [-0.39, 0.29) is 30.6 Å². The van der Waals surface area contributed by atoms with Gasteiger partial charge in [0.05, 0.1) is 13.2 Å². The van der Waals surface area contributed by atoms with E-state index >= 15 is 0 Å². The number of halogens is 2. The van der Waals surface area contributed by atoms with Crippen LogP contribution in [0.2, 0.25) is 0 Å². The number of nitrogens with one attached hydrogen (secondary N) is 2. The molecule has 2 aromatic rings. The highest BCUT2D eigenvalue weighted by Crippen LogP contribution is 2.11. The van der Waals surface area contributed by atoms with Gasteiger partial charge in [-0.05, 0) is 37.1 Å². The number of nitrogens with zero attached hydrogens (tertiary/aromatic N) is 1. The minimum atomic E-state index is -0.394. The highest BCUT2D eigenvalue weighted by atomic mass is 127. The van der Waals surface area contributed by atoms with Crippen LogP contribution in [-0.2, 0) is 19.7 Å². The fourth-order valence-corrected chi connectivity index (χ4v) is 2.25. The van der Waals surface area contributed by atoms with Crippen molar-refractivity contribution >= 4 is 29.9 Å². The number of aliphatic imine (C=N–C) groups is 1. The molecular weight excluding hydrogens is 432 g/mol. The molecule has 0 radical (unpaired) electrons. The number of aliphatic hydroxyl groups is 1. The topological polar surface area (TPSA) is 56.7 Å². The van der Waals surface area contributed by atoms with Gasteiger partial charge in [0.2, 0.25) is 0 Å². The largest absolute Gasteiger partial charge is 0.392 e. The SMILES string of the molecule is CCNC(=NCc1ccc(F)c(CO)c1)NCc1ccc(C)cc1.I. The molecular formula is C19H25FIN3O. The van der Waals surface area contributed by atoms with Gasteiger partial charge in [0.1, 0.15) is 5.82 Å². The maximum Gasteiger partial charge on any atom is 0.191 e. The van der Waals surface area contributed by atoms with E-state index in [0.717, 1.165) is 12.1 Å². The number of aliphatic hydroxyl groups excluding tert-OH is 1. The van der Waals surface area contributed by atoms with Crippen LogP contribution in [0.15, 0.2) is 47.5 Å². The standard InChI is InChI=1S/C19H24FN3O.HI/c1-3-21-19(22-11-15-6-4-14(2)5-7-15)23-12-16-8-9-18(20)17(10-16)13-24;/h4-10,24H,3,11-13H2,1-2H3,(H2,21,22,23);1H. The fourth-order valence-electron chi connectivity index (χ4n) is 2.25. The van der Waals surface area contributed by atoms with Crippen LogP contribution in [0, 0.1) is 12.7 Å². The van der Waals surface area contributed by atoms with E-state index in [9.17, 15) is 4.39 Å². The molecule has 0 amide bonds. The average molecular weight is 457 g/mol. The molecule has 3 N–H and O–H groups in total. The number of rotatable bonds is 6. The Morgan fingerprint density at radius 2 is 1.76 bits per heavy atom. The van der Waals surface area contributed by atoms with Crippen molar-refractivity contribution in [1.82, 2.24) is 10.6 Å². The molecule has 0 atom stereocenters. The van der Waals surface area contributed by atoms with Gasteiger partial charge in [-0.2, -0.15) is 0 Å². The minimum absolute atomic E-state index is 0. The zero-order valence-corrected chi connectivity index (χ0v) is 16.9. The molecule has 0 aromatic heterocycles. The average Bonchev–Trinajstić information content (AvgIpc) is 2.60. The molecule has 0 unspecified atom stereocenters. The van der Waals surface area contributed by atoms with Crippen LogP contribution in [0.5, 0.6) is 0 Å². The van der Waals surface area contributed by atoms with Gasteiger partial charge in [-0.25, -0.2) is 9.38 Å². The van der Waals surface area contributed by atoms with Gasteiger partial charge in [-0.1, -0.05) is 35.9 Å². The Labute approximate surface area is 165 Å². The summed E-state index contributed by atoms with van der Waals surface area (Å²) in [6.45, 7) is 5.60. The number of guanidine groups is 1. The lowest BCUT2D eigenvalue weighted by atomic mass is 10.1. The van der Waals surface area contributed by atoms with Crippen molar-refractivity contribution in [1.29, 1.82) is 0 Å². The molecule has 0 aliphatic heterocycles. The van der Waals surface area contributed by atoms with Crippen molar-refractivity contribution in [3.63, 3.8) is 0 Å². The van der Waals surface area contributed by atoms with Gasteiger partial charge in [0, 0.05) is 18.7 Å². The Morgan fingerprint density at radius 1 is 1.08 bits per heavy atom. The van der Waals surface area contributed by atoms with E-state index in [2.05, 4.69) is 46.8 Å². The first-order valence-electron chi connectivity index (χ1n) is 8.08. The van der Waals surface area contributed by atoms with Crippen LogP contribution in [0.4, 0.5) is 4.39 Å². The molecule has 0 fully saturated rings. The van der Waals surface area contributed by atoms with E-state index in [1.165, 1.54) is 17.2 Å². The molecule has 136 valence electrons. The molecule has 6 heteroatoms. The lowest BCUT2D eigenvalue weighted by molar-refractivity contribution is 0.275. The number of benzene rings is 2. The maximum atomic E-state index is 13.4. The summed E-state index contributed by atoms with van der Waals surface area (Å²) < 4.78 is 13.4. The molecule has 2 aromatic carbocycles. The predicted octanol–water partition coefficient (Wildman–Crippen LogP) is 3.50. The van der Waals surface area contributed by atoms with Crippen LogP contribution in [0.25, 0.3) is 0 Å². The van der Waals surface area contributed by atoms with Gasteiger partial charge < -0.3 is 15.7 Å². The van der Waals surface area contributed by atoms with Crippen molar-refractivity contribution in [3.05, 3.63) is 70.5 Å². The summed E-state index contributed by atoms with van der Waals surface area (Å²) in [6, 6.07) is 13.0. The summed E-state index contributed by atoms with van der Waals surface area (Å²) in [5, 5.41) is 15.6. The van der Waals surface area contributed by atoms with Gasteiger partial charge in [0.15, 0.2) is 5.96 Å².